The van der Waals surface area contributed by atoms with E-state index in [0.29, 0.717) is 5.56 Å². The fourth-order valence-corrected chi connectivity index (χ4v) is 1.76. The van der Waals surface area contributed by atoms with Crippen LogP contribution in [0.1, 0.15) is 17.2 Å². The third kappa shape index (κ3) is 3.28. The molecule has 0 heterocycles. The van der Waals surface area contributed by atoms with Crippen LogP contribution in [0.4, 0.5) is 8.78 Å². The maximum absolute atomic E-state index is 13.4. The van der Waals surface area contributed by atoms with Crippen LogP contribution in [0.3, 0.4) is 0 Å². The second kappa shape index (κ2) is 6.47. The number of nitrogens with two attached hydrogens (primary N) is 1. The van der Waals surface area contributed by atoms with Crippen molar-refractivity contribution in [2.45, 2.75) is 12.5 Å². The molecule has 1 atom stereocenters. The molecule has 2 aromatic rings. The van der Waals surface area contributed by atoms with Crippen molar-refractivity contribution in [3.63, 3.8) is 0 Å². The average Bonchev–Trinajstić information content (AvgIpc) is 2.36. The quantitative estimate of drug-likeness (QED) is 0.905. The topological polar surface area (TPSA) is 26.0 Å². The lowest BCUT2D eigenvalue weighted by molar-refractivity contribution is 0.494. The number of halogens is 3. The standard InChI is InChI=1S/C14H13F2N.ClH/c15-12-8-4-7-11(14(12)16)9-13(17)10-5-2-1-3-6-10;/h1-8,13H,9,17H2;1H. The molecule has 0 saturated heterocycles. The van der Waals surface area contributed by atoms with Crippen LogP contribution in [0, 0.1) is 11.6 Å². The van der Waals surface area contributed by atoms with Gasteiger partial charge in [0.25, 0.3) is 0 Å². The molecule has 0 amide bonds. The zero-order valence-electron chi connectivity index (χ0n) is 9.64. The van der Waals surface area contributed by atoms with E-state index in [1.165, 1.54) is 6.07 Å². The van der Waals surface area contributed by atoms with Crippen LogP contribution in [0.15, 0.2) is 48.5 Å². The second-order valence-electron chi connectivity index (χ2n) is 3.93. The Morgan fingerprint density at radius 1 is 0.944 bits per heavy atom. The first-order valence-electron chi connectivity index (χ1n) is 5.42. The monoisotopic (exact) mass is 269 g/mol. The van der Waals surface area contributed by atoms with Gasteiger partial charge in [0.15, 0.2) is 11.6 Å². The van der Waals surface area contributed by atoms with Gasteiger partial charge in [-0.1, -0.05) is 42.5 Å². The first kappa shape index (κ1) is 14.6. The van der Waals surface area contributed by atoms with Gasteiger partial charge in [-0.25, -0.2) is 8.78 Å². The van der Waals surface area contributed by atoms with E-state index >= 15 is 0 Å². The molecule has 18 heavy (non-hydrogen) atoms. The third-order valence-electron chi connectivity index (χ3n) is 2.70. The summed E-state index contributed by atoms with van der Waals surface area (Å²) >= 11 is 0. The van der Waals surface area contributed by atoms with Gasteiger partial charge in [0.1, 0.15) is 0 Å². The van der Waals surface area contributed by atoms with Gasteiger partial charge in [-0.05, 0) is 23.6 Å². The molecule has 0 spiro atoms. The summed E-state index contributed by atoms with van der Waals surface area (Å²) in [6.07, 6.45) is 0.285. The van der Waals surface area contributed by atoms with Crippen molar-refractivity contribution in [1.29, 1.82) is 0 Å². The Balaban J connectivity index is 0.00000162. The molecule has 0 fully saturated rings. The largest absolute Gasteiger partial charge is 0.324 e. The van der Waals surface area contributed by atoms with E-state index in [1.54, 1.807) is 6.07 Å². The van der Waals surface area contributed by atoms with Crippen LogP contribution in [0.25, 0.3) is 0 Å². The molecule has 1 unspecified atom stereocenters. The van der Waals surface area contributed by atoms with Crippen LogP contribution < -0.4 is 5.73 Å². The van der Waals surface area contributed by atoms with Gasteiger partial charge in [0.2, 0.25) is 0 Å². The molecule has 2 rings (SSSR count). The predicted molar refractivity (Wildman–Crippen MR) is 70.7 cm³/mol. The molecule has 0 aliphatic heterocycles. The highest BCUT2D eigenvalue weighted by molar-refractivity contribution is 5.85. The third-order valence-corrected chi connectivity index (χ3v) is 2.70. The molecule has 2 N–H and O–H groups in total. The van der Waals surface area contributed by atoms with Gasteiger partial charge < -0.3 is 5.73 Å². The molecule has 0 radical (unpaired) electrons. The van der Waals surface area contributed by atoms with Crippen molar-refractivity contribution >= 4 is 12.4 Å². The number of benzene rings is 2. The molecule has 4 heteroatoms. The van der Waals surface area contributed by atoms with Crippen LogP contribution in [-0.2, 0) is 6.42 Å². The molecule has 0 aliphatic rings. The summed E-state index contributed by atoms with van der Waals surface area (Å²) in [5, 5.41) is 0. The van der Waals surface area contributed by atoms with Crippen molar-refractivity contribution in [3.8, 4) is 0 Å². The average molecular weight is 270 g/mol. The Labute approximate surface area is 111 Å². The van der Waals surface area contributed by atoms with Crippen LogP contribution in [-0.4, -0.2) is 0 Å². The second-order valence-corrected chi connectivity index (χ2v) is 3.93. The summed E-state index contributed by atoms with van der Waals surface area (Å²) in [4.78, 5) is 0. The maximum Gasteiger partial charge on any atom is 0.162 e. The van der Waals surface area contributed by atoms with E-state index in [0.717, 1.165) is 11.6 Å². The Bertz CT molecular complexity index is 502. The summed E-state index contributed by atoms with van der Waals surface area (Å²) in [5.41, 5.74) is 7.18. The summed E-state index contributed by atoms with van der Waals surface area (Å²) in [5.74, 6) is -1.64. The van der Waals surface area contributed by atoms with E-state index in [2.05, 4.69) is 0 Å². The fraction of sp³-hybridized carbons (Fsp3) is 0.143. The van der Waals surface area contributed by atoms with E-state index in [4.69, 9.17) is 5.73 Å². The Morgan fingerprint density at radius 2 is 1.61 bits per heavy atom. The molecule has 2 aromatic carbocycles. The predicted octanol–water partition coefficient (Wildman–Crippen LogP) is 3.63. The molecule has 1 nitrogen and oxygen atoms in total. The highest BCUT2D eigenvalue weighted by Gasteiger charge is 2.12. The van der Waals surface area contributed by atoms with Crippen LogP contribution in [0.2, 0.25) is 0 Å². The summed E-state index contributed by atoms with van der Waals surface area (Å²) in [6.45, 7) is 0. The Hall–Kier alpha value is -1.45. The Kier molecular flexibility index (Phi) is 5.25. The van der Waals surface area contributed by atoms with Gasteiger partial charge in [0.05, 0.1) is 0 Å². The lowest BCUT2D eigenvalue weighted by Crippen LogP contribution is -2.14. The normalized spacial score (nSPS) is 11.7. The molecule has 96 valence electrons. The smallest absolute Gasteiger partial charge is 0.162 e. The molecular weight excluding hydrogens is 256 g/mol. The molecule has 0 bridgehead atoms. The molecular formula is C14H14ClF2N. The summed E-state index contributed by atoms with van der Waals surface area (Å²) < 4.78 is 26.5. The zero-order valence-corrected chi connectivity index (χ0v) is 10.5. The molecule has 0 aliphatic carbocycles. The van der Waals surface area contributed by atoms with Crippen LogP contribution >= 0.6 is 12.4 Å². The van der Waals surface area contributed by atoms with E-state index < -0.39 is 11.6 Å². The lowest BCUT2D eigenvalue weighted by Gasteiger charge is -2.12. The van der Waals surface area contributed by atoms with Crippen molar-refractivity contribution in [3.05, 3.63) is 71.3 Å². The number of hydrogen-bond donors (Lipinski definition) is 1. The minimum Gasteiger partial charge on any atom is -0.324 e. The summed E-state index contributed by atoms with van der Waals surface area (Å²) in [6, 6.07) is 13.2. The van der Waals surface area contributed by atoms with Crippen molar-refractivity contribution < 1.29 is 8.78 Å². The minimum absolute atomic E-state index is 0. The molecule has 0 aromatic heterocycles. The first-order valence-corrected chi connectivity index (χ1v) is 5.42. The minimum atomic E-state index is -0.831. The fourth-order valence-electron chi connectivity index (χ4n) is 1.76. The van der Waals surface area contributed by atoms with Crippen molar-refractivity contribution in [2.75, 3.05) is 0 Å². The van der Waals surface area contributed by atoms with Crippen molar-refractivity contribution in [1.82, 2.24) is 0 Å². The van der Waals surface area contributed by atoms with E-state index in [9.17, 15) is 8.78 Å². The SMILES string of the molecule is Cl.NC(Cc1cccc(F)c1F)c1ccccc1. The maximum atomic E-state index is 13.4. The number of hydrogen-bond acceptors (Lipinski definition) is 1. The van der Waals surface area contributed by atoms with Crippen LogP contribution in [0.5, 0.6) is 0 Å². The lowest BCUT2D eigenvalue weighted by atomic mass is 9.99. The van der Waals surface area contributed by atoms with Crippen molar-refractivity contribution in [2.24, 2.45) is 5.73 Å². The van der Waals surface area contributed by atoms with E-state index in [-0.39, 0.29) is 24.9 Å². The highest BCUT2D eigenvalue weighted by Crippen LogP contribution is 2.19. The number of rotatable bonds is 3. The van der Waals surface area contributed by atoms with E-state index in [1.807, 2.05) is 30.3 Å². The Morgan fingerprint density at radius 3 is 2.28 bits per heavy atom. The van der Waals surface area contributed by atoms with Gasteiger partial charge in [0, 0.05) is 6.04 Å². The summed E-state index contributed by atoms with van der Waals surface area (Å²) in [7, 11) is 0. The van der Waals surface area contributed by atoms with Gasteiger partial charge in [-0.2, -0.15) is 0 Å². The van der Waals surface area contributed by atoms with Gasteiger partial charge in [-0.15, -0.1) is 12.4 Å². The first-order chi connectivity index (χ1) is 8.18. The zero-order chi connectivity index (χ0) is 12.3. The van der Waals surface area contributed by atoms with Gasteiger partial charge >= 0.3 is 0 Å². The molecule has 0 saturated carbocycles. The van der Waals surface area contributed by atoms with Gasteiger partial charge in [-0.3, -0.25) is 0 Å². The highest BCUT2D eigenvalue weighted by atomic mass is 35.5.